The van der Waals surface area contributed by atoms with Crippen molar-refractivity contribution in [3.63, 3.8) is 0 Å². The van der Waals surface area contributed by atoms with Crippen molar-refractivity contribution in [1.29, 1.82) is 0 Å². The van der Waals surface area contributed by atoms with E-state index in [9.17, 15) is 4.21 Å². The van der Waals surface area contributed by atoms with Crippen LogP contribution in [0.3, 0.4) is 0 Å². The fourth-order valence-electron chi connectivity index (χ4n) is 1.93. The molecule has 15 heavy (non-hydrogen) atoms. The molecule has 1 unspecified atom stereocenters. The van der Waals surface area contributed by atoms with Gasteiger partial charge < -0.3 is 9.45 Å². The second-order valence-corrected chi connectivity index (χ2v) is 4.76. The lowest BCUT2D eigenvalue weighted by Gasteiger charge is -2.28. The van der Waals surface area contributed by atoms with Crippen LogP contribution in [-0.2, 0) is 11.1 Å². The summed E-state index contributed by atoms with van der Waals surface area (Å²) in [6.45, 7) is 2.20. The SMILES string of the molecule is O=S(O)c1ccc(N2CCCCC2)cc1. The predicted molar refractivity (Wildman–Crippen MR) is 61.5 cm³/mol. The first-order valence-electron chi connectivity index (χ1n) is 5.23. The first-order chi connectivity index (χ1) is 7.27. The van der Waals surface area contributed by atoms with Gasteiger partial charge in [0.25, 0.3) is 0 Å². The molecule has 0 aliphatic carbocycles. The van der Waals surface area contributed by atoms with Crippen LogP contribution in [0.4, 0.5) is 5.69 Å². The Labute approximate surface area is 92.4 Å². The topological polar surface area (TPSA) is 40.5 Å². The minimum atomic E-state index is -1.86. The number of hydrogen-bond donors (Lipinski definition) is 1. The molecule has 1 atom stereocenters. The summed E-state index contributed by atoms with van der Waals surface area (Å²) in [7, 11) is 0. The zero-order chi connectivity index (χ0) is 10.7. The summed E-state index contributed by atoms with van der Waals surface area (Å²) in [5.41, 5.74) is 1.16. The quantitative estimate of drug-likeness (QED) is 0.785. The van der Waals surface area contributed by atoms with Crippen LogP contribution >= 0.6 is 0 Å². The average Bonchev–Trinajstić information content (AvgIpc) is 2.30. The Bertz CT molecular complexity index is 344. The van der Waals surface area contributed by atoms with Gasteiger partial charge in [0, 0.05) is 18.8 Å². The Balaban J connectivity index is 2.11. The summed E-state index contributed by atoms with van der Waals surface area (Å²) in [4.78, 5) is 2.80. The summed E-state index contributed by atoms with van der Waals surface area (Å²) in [5, 5.41) is 0. The van der Waals surface area contributed by atoms with E-state index in [0.717, 1.165) is 18.8 Å². The number of rotatable bonds is 2. The van der Waals surface area contributed by atoms with Crippen LogP contribution in [0, 0.1) is 0 Å². The highest BCUT2D eigenvalue weighted by Crippen LogP contribution is 2.20. The highest BCUT2D eigenvalue weighted by molar-refractivity contribution is 7.79. The van der Waals surface area contributed by atoms with E-state index in [-0.39, 0.29) is 0 Å². The predicted octanol–water partition coefficient (Wildman–Crippen LogP) is 2.26. The van der Waals surface area contributed by atoms with E-state index < -0.39 is 11.1 Å². The summed E-state index contributed by atoms with van der Waals surface area (Å²) in [6, 6.07) is 7.30. The molecule has 3 nitrogen and oxygen atoms in total. The smallest absolute Gasteiger partial charge is 0.186 e. The highest BCUT2D eigenvalue weighted by atomic mass is 32.2. The molecule has 0 amide bonds. The molecule has 1 saturated heterocycles. The lowest BCUT2D eigenvalue weighted by Crippen LogP contribution is -2.29. The van der Waals surface area contributed by atoms with E-state index in [0.29, 0.717) is 4.90 Å². The normalized spacial score (nSPS) is 18.9. The molecule has 0 bridgehead atoms. The van der Waals surface area contributed by atoms with Crippen LogP contribution in [0.2, 0.25) is 0 Å². The van der Waals surface area contributed by atoms with Crippen molar-refractivity contribution < 1.29 is 8.76 Å². The van der Waals surface area contributed by atoms with E-state index in [1.54, 1.807) is 12.1 Å². The average molecular weight is 225 g/mol. The fourth-order valence-corrected chi connectivity index (χ4v) is 2.29. The van der Waals surface area contributed by atoms with E-state index in [1.165, 1.54) is 19.3 Å². The number of benzene rings is 1. The lowest BCUT2D eigenvalue weighted by molar-refractivity contribution is 0.564. The summed E-state index contributed by atoms with van der Waals surface area (Å²) < 4.78 is 19.7. The van der Waals surface area contributed by atoms with Gasteiger partial charge in [-0.25, -0.2) is 4.21 Å². The van der Waals surface area contributed by atoms with Crippen molar-refractivity contribution in [2.45, 2.75) is 24.2 Å². The van der Waals surface area contributed by atoms with Crippen molar-refractivity contribution in [2.75, 3.05) is 18.0 Å². The molecule has 0 spiro atoms. The van der Waals surface area contributed by atoms with Gasteiger partial charge in [0.1, 0.15) is 0 Å². The molecule has 1 N–H and O–H groups in total. The van der Waals surface area contributed by atoms with Gasteiger partial charge in [0.15, 0.2) is 11.1 Å². The highest BCUT2D eigenvalue weighted by Gasteiger charge is 2.10. The molecule has 0 radical (unpaired) electrons. The zero-order valence-electron chi connectivity index (χ0n) is 8.56. The number of hydrogen-bond acceptors (Lipinski definition) is 2. The third-order valence-electron chi connectivity index (χ3n) is 2.76. The lowest BCUT2D eigenvalue weighted by atomic mass is 10.1. The van der Waals surface area contributed by atoms with Crippen molar-refractivity contribution in [2.24, 2.45) is 0 Å². The minimum absolute atomic E-state index is 0.468. The van der Waals surface area contributed by atoms with Gasteiger partial charge in [-0.1, -0.05) is 0 Å². The van der Waals surface area contributed by atoms with Gasteiger partial charge in [0.05, 0.1) is 4.90 Å². The van der Waals surface area contributed by atoms with Gasteiger partial charge in [-0.05, 0) is 43.5 Å². The molecule has 1 aromatic carbocycles. The molecule has 0 aromatic heterocycles. The third-order valence-corrected chi connectivity index (χ3v) is 3.43. The van der Waals surface area contributed by atoms with Crippen molar-refractivity contribution in [3.8, 4) is 0 Å². The van der Waals surface area contributed by atoms with Gasteiger partial charge in [-0.15, -0.1) is 0 Å². The Morgan fingerprint density at radius 1 is 1.07 bits per heavy atom. The molecule has 0 saturated carbocycles. The van der Waals surface area contributed by atoms with Crippen LogP contribution in [0.25, 0.3) is 0 Å². The number of piperidine rings is 1. The number of nitrogens with zero attached hydrogens (tertiary/aromatic N) is 1. The molecule has 1 aliphatic heterocycles. The summed E-state index contributed by atoms with van der Waals surface area (Å²) in [5.74, 6) is 0. The van der Waals surface area contributed by atoms with E-state index in [1.807, 2.05) is 12.1 Å². The van der Waals surface area contributed by atoms with Gasteiger partial charge in [-0.2, -0.15) is 0 Å². The monoisotopic (exact) mass is 225 g/mol. The maximum atomic E-state index is 10.8. The second-order valence-electron chi connectivity index (χ2n) is 3.79. The maximum absolute atomic E-state index is 10.8. The van der Waals surface area contributed by atoms with Crippen LogP contribution in [0.1, 0.15) is 19.3 Å². The molecule has 1 heterocycles. The van der Waals surface area contributed by atoms with Gasteiger partial charge in [-0.3, -0.25) is 0 Å². The maximum Gasteiger partial charge on any atom is 0.186 e. The Hall–Kier alpha value is -0.870. The van der Waals surface area contributed by atoms with Crippen LogP contribution in [0.15, 0.2) is 29.2 Å². The molecule has 4 heteroatoms. The molecule has 1 aliphatic rings. The van der Waals surface area contributed by atoms with Gasteiger partial charge in [0.2, 0.25) is 0 Å². The Morgan fingerprint density at radius 2 is 1.67 bits per heavy atom. The Kier molecular flexibility index (Phi) is 3.38. The molecular formula is C11H15NO2S. The summed E-state index contributed by atoms with van der Waals surface area (Å²) in [6.07, 6.45) is 3.80. The first-order valence-corrected chi connectivity index (χ1v) is 6.34. The van der Waals surface area contributed by atoms with Crippen LogP contribution in [-0.4, -0.2) is 21.9 Å². The van der Waals surface area contributed by atoms with E-state index in [4.69, 9.17) is 4.55 Å². The molecule has 1 aromatic rings. The first kappa shape index (κ1) is 10.6. The second kappa shape index (κ2) is 4.77. The largest absolute Gasteiger partial charge is 0.372 e. The molecular weight excluding hydrogens is 210 g/mol. The van der Waals surface area contributed by atoms with Crippen LogP contribution in [0.5, 0.6) is 0 Å². The Morgan fingerprint density at radius 3 is 2.20 bits per heavy atom. The van der Waals surface area contributed by atoms with Crippen molar-refractivity contribution >= 4 is 16.8 Å². The van der Waals surface area contributed by atoms with Crippen LogP contribution < -0.4 is 4.90 Å². The third kappa shape index (κ3) is 2.58. The molecule has 82 valence electrons. The van der Waals surface area contributed by atoms with Crippen molar-refractivity contribution in [3.05, 3.63) is 24.3 Å². The number of anilines is 1. The minimum Gasteiger partial charge on any atom is -0.372 e. The van der Waals surface area contributed by atoms with Gasteiger partial charge >= 0.3 is 0 Å². The van der Waals surface area contributed by atoms with E-state index in [2.05, 4.69) is 4.90 Å². The standard InChI is InChI=1S/C11H15NO2S/c13-15(14)11-6-4-10(5-7-11)12-8-2-1-3-9-12/h4-7H,1-3,8-9H2,(H,13,14). The molecule has 2 rings (SSSR count). The fraction of sp³-hybridized carbons (Fsp3) is 0.455. The van der Waals surface area contributed by atoms with E-state index >= 15 is 0 Å². The zero-order valence-corrected chi connectivity index (χ0v) is 9.37. The van der Waals surface area contributed by atoms with Crippen molar-refractivity contribution in [1.82, 2.24) is 0 Å². The molecule has 1 fully saturated rings. The summed E-state index contributed by atoms with van der Waals surface area (Å²) >= 11 is -1.86.